The third-order valence-corrected chi connectivity index (χ3v) is 7.14. The molecule has 2 heterocycles. The number of para-hydroxylation sites is 1. The van der Waals surface area contributed by atoms with Gasteiger partial charge in [-0.3, -0.25) is 9.36 Å². The molecule has 2 aromatic heterocycles. The lowest BCUT2D eigenvalue weighted by molar-refractivity contribution is 0.391. The first-order valence-corrected chi connectivity index (χ1v) is 13.1. The fourth-order valence-electron chi connectivity index (χ4n) is 3.64. The molecule has 170 valence electrons. The summed E-state index contributed by atoms with van der Waals surface area (Å²) in [4.78, 5) is 23.8. The van der Waals surface area contributed by atoms with Crippen molar-refractivity contribution in [1.82, 2.24) is 19.7 Å². The van der Waals surface area contributed by atoms with Crippen molar-refractivity contribution >= 4 is 34.4 Å². The van der Waals surface area contributed by atoms with Crippen molar-refractivity contribution in [3.8, 4) is 11.4 Å². The normalized spacial score (nSPS) is 11.2. The molecule has 3 aromatic carbocycles. The van der Waals surface area contributed by atoms with Crippen LogP contribution in [-0.2, 0) is 18.7 Å². The van der Waals surface area contributed by atoms with Gasteiger partial charge in [-0.1, -0.05) is 59.4 Å². The van der Waals surface area contributed by atoms with E-state index in [2.05, 4.69) is 22.3 Å². The van der Waals surface area contributed by atoms with Crippen LogP contribution in [0, 0.1) is 0 Å². The van der Waals surface area contributed by atoms with Crippen LogP contribution >= 0.6 is 23.5 Å². The second-order valence-corrected chi connectivity index (χ2v) is 9.45. The zero-order valence-corrected chi connectivity index (χ0v) is 20.2. The van der Waals surface area contributed by atoms with Crippen molar-refractivity contribution in [2.75, 3.05) is 6.26 Å². The average molecular weight is 487 g/mol. The fraction of sp³-hybridized carbons (Fsp3) is 0.154. The zero-order valence-electron chi connectivity index (χ0n) is 18.5. The summed E-state index contributed by atoms with van der Waals surface area (Å²) in [6, 6.07) is 25.6. The van der Waals surface area contributed by atoms with Crippen molar-refractivity contribution in [2.24, 2.45) is 0 Å². The molecule has 0 aliphatic rings. The van der Waals surface area contributed by atoms with Crippen molar-refractivity contribution < 1.29 is 4.52 Å². The van der Waals surface area contributed by atoms with Crippen LogP contribution in [0.1, 0.15) is 11.5 Å². The maximum absolute atomic E-state index is 13.3. The van der Waals surface area contributed by atoms with E-state index in [0.717, 1.165) is 12.0 Å². The van der Waals surface area contributed by atoms with E-state index in [0.29, 0.717) is 40.1 Å². The van der Waals surface area contributed by atoms with Crippen molar-refractivity contribution in [3.05, 3.63) is 101 Å². The van der Waals surface area contributed by atoms with Crippen LogP contribution in [0.15, 0.2) is 98.2 Å². The van der Waals surface area contributed by atoms with Crippen LogP contribution in [0.4, 0.5) is 0 Å². The highest BCUT2D eigenvalue weighted by molar-refractivity contribution is 7.98. The van der Waals surface area contributed by atoms with E-state index in [9.17, 15) is 4.79 Å². The molecule has 0 unspecified atom stereocenters. The molecule has 0 fully saturated rings. The number of aryl methyl sites for hydroxylation is 1. The maximum Gasteiger partial charge on any atom is 0.262 e. The summed E-state index contributed by atoms with van der Waals surface area (Å²) in [5, 5.41) is 5.39. The molecule has 5 rings (SSSR count). The topological polar surface area (TPSA) is 73.8 Å². The molecule has 6 nitrogen and oxygen atoms in total. The molecule has 0 aliphatic carbocycles. The third kappa shape index (κ3) is 4.93. The maximum atomic E-state index is 13.3. The van der Waals surface area contributed by atoms with Gasteiger partial charge in [0.15, 0.2) is 5.16 Å². The molecule has 5 aromatic rings. The van der Waals surface area contributed by atoms with Gasteiger partial charge < -0.3 is 4.52 Å². The molecule has 0 radical (unpaired) electrons. The van der Waals surface area contributed by atoms with Gasteiger partial charge in [0.05, 0.1) is 16.7 Å². The quantitative estimate of drug-likeness (QED) is 0.206. The molecule has 0 saturated carbocycles. The highest BCUT2D eigenvalue weighted by atomic mass is 32.2. The lowest BCUT2D eigenvalue weighted by Crippen LogP contribution is -2.24. The number of benzene rings is 3. The minimum absolute atomic E-state index is 0.0378. The number of nitrogens with zero attached hydrogens (tertiary/aromatic N) is 4. The molecular formula is C26H22N4O2S2. The number of rotatable bonds is 8. The smallest absolute Gasteiger partial charge is 0.262 e. The van der Waals surface area contributed by atoms with E-state index in [1.807, 2.05) is 73.0 Å². The Morgan fingerprint density at radius 2 is 1.68 bits per heavy atom. The average Bonchev–Trinajstić information content (AvgIpc) is 3.37. The van der Waals surface area contributed by atoms with Crippen LogP contribution in [0.2, 0.25) is 0 Å². The number of fused-ring (bicyclic) bond motifs is 1. The van der Waals surface area contributed by atoms with Crippen LogP contribution in [0.5, 0.6) is 0 Å². The minimum atomic E-state index is -0.0378. The second-order valence-electron chi connectivity index (χ2n) is 7.63. The monoisotopic (exact) mass is 486 g/mol. The Balaban J connectivity index is 1.39. The van der Waals surface area contributed by atoms with Crippen LogP contribution < -0.4 is 5.56 Å². The lowest BCUT2D eigenvalue weighted by Gasteiger charge is -2.12. The Kier molecular flexibility index (Phi) is 6.78. The van der Waals surface area contributed by atoms with Gasteiger partial charge in [0, 0.05) is 17.0 Å². The van der Waals surface area contributed by atoms with Gasteiger partial charge in [-0.15, -0.1) is 11.8 Å². The minimum Gasteiger partial charge on any atom is -0.338 e. The molecule has 0 bridgehead atoms. The highest BCUT2D eigenvalue weighted by Crippen LogP contribution is 2.25. The van der Waals surface area contributed by atoms with Gasteiger partial charge >= 0.3 is 0 Å². The molecule has 34 heavy (non-hydrogen) atoms. The summed E-state index contributed by atoms with van der Waals surface area (Å²) in [5.74, 6) is 1.47. The van der Waals surface area contributed by atoms with E-state index in [-0.39, 0.29) is 5.56 Å². The van der Waals surface area contributed by atoms with Crippen LogP contribution in [-0.4, -0.2) is 25.9 Å². The predicted octanol–water partition coefficient (Wildman–Crippen LogP) is 5.70. The number of hydrogen-bond donors (Lipinski definition) is 0. The summed E-state index contributed by atoms with van der Waals surface area (Å²) < 4.78 is 7.23. The molecule has 0 atom stereocenters. The summed E-state index contributed by atoms with van der Waals surface area (Å²) in [6.45, 7) is 0.542. The molecule has 0 amide bonds. The van der Waals surface area contributed by atoms with Gasteiger partial charge in [0.1, 0.15) is 0 Å². The zero-order chi connectivity index (χ0) is 23.3. The van der Waals surface area contributed by atoms with Gasteiger partial charge in [-0.05, 0) is 54.6 Å². The van der Waals surface area contributed by atoms with Gasteiger partial charge in [0.2, 0.25) is 11.7 Å². The Hall–Kier alpha value is -3.36. The second kappa shape index (κ2) is 10.3. The Labute approximate surface area is 205 Å². The summed E-state index contributed by atoms with van der Waals surface area (Å²) in [5.41, 5.74) is 2.73. The van der Waals surface area contributed by atoms with Crippen LogP contribution in [0.25, 0.3) is 22.3 Å². The third-order valence-electron chi connectivity index (χ3n) is 5.43. The molecule has 8 heteroatoms. The van der Waals surface area contributed by atoms with Crippen molar-refractivity contribution in [3.63, 3.8) is 0 Å². The number of hydrogen-bond acceptors (Lipinski definition) is 7. The SMILES string of the molecule is CSc1ccc(-c2noc(CSc3nc4ccccc4c(=O)n3CCc3ccccc3)n2)cc1. The summed E-state index contributed by atoms with van der Waals surface area (Å²) in [6.07, 6.45) is 2.78. The van der Waals surface area contributed by atoms with Gasteiger partial charge in [-0.25, -0.2) is 4.98 Å². The molecule has 0 aliphatic heterocycles. The molecule has 0 spiro atoms. The molecule has 0 saturated heterocycles. The summed E-state index contributed by atoms with van der Waals surface area (Å²) >= 11 is 3.12. The Morgan fingerprint density at radius 1 is 0.912 bits per heavy atom. The Morgan fingerprint density at radius 3 is 2.47 bits per heavy atom. The molecular weight excluding hydrogens is 464 g/mol. The van der Waals surface area contributed by atoms with E-state index >= 15 is 0 Å². The van der Waals surface area contributed by atoms with Crippen molar-refractivity contribution in [1.29, 1.82) is 0 Å². The number of thioether (sulfide) groups is 2. The lowest BCUT2D eigenvalue weighted by atomic mass is 10.1. The van der Waals surface area contributed by atoms with Crippen molar-refractivity contribution in [2.45, 2.75) is 28.8 Å². The van der Waals surface area contributed by atoms with E-state index in [1.165, 1.54) is 22.2 Å². The molecule has 0 N–H and O–H groups in total. The first-order valence-electron chi connectivity index (χ1n) is 10.8. The summed E-state index contributed by atoms with van der Waals surface area (Å²) in [7, 11) is 0. The van der Waals surface area contributed by atoms with E-state index in [4.69, 9.17) is 9.51 Å². The highest BCUT2D eigenvalue weighted by Gasteiger charge is 2.15. The predicted molar refractivity (Wildman–Crippen MR) is 137 cm³/mol. The van der Waals surface area contributed by atoms with Gasteiger partial charge in [-0.2, -0.15) is 4.98 Å². The first kappa shape index (κ1) is 22.4. The van der Waals surface area contributed by atoms with Crippen LogP contribution in [0.3, 0.4) is 0 Å². The Bertz CT molecular complexity index is 1460. The largest absolute Gasteiger partial charge is 0.338 e. The standard InChI is InChI=1S/C26H22N4O2S2/c1-33-20-13-11-19(12-14-20)24-28-23(32-29-24)17-34-26-27-22-10-6-5-9-21(22)25(31)30(26)16-15-18-7-3-2-4-8-18/h2-14H,15-17H2,1H3. The first-order chi connectivity index (χ1) is 16.7. The van der Waals surface area contributed by atoms with Gasteiger partial charge in [0.25, 0.3) is 5.56 Å². The van der Waals surface area contributed by atoms with E-state index in [1.54, 1.807) is 16.3 Å². The fourth-order valence-corrected chi connectivity index (χ4v) is 4.91. The number of aromatic nitrogens is 4. The van der Waals surface area contributed by atoms with E-state index < -0.39 is 0 Å².